The van der Waals surface area contributed by atoms with Gasteiger partial charge in [0.25, 0.3) is 11.0 Å². The quantitative estimate of drug-likeness (QED) is 0.698. The molecule has 0 aliphatic carbocycles. The lowest BCUT2D eigenvalue weighted by atomic mass is 10.2. The minimum atomic E-state index is -3.82. The number of hydrogen-bond acceptors (Lipinski definition) is 4. The molecule has 20 heavy (non-hydrogen) atoms. The first-order chi connectivity index (χ1) is 9.56. The standard InChI is InChI=1S/C14H12NO3S2/c1-11-6-8-12(9-7-11)20(16,17)18-15-10-19-14-5-3-2-4-13(14)15/h2-10H,1H3/q+1. The molecule has 3 rings (SSSR count). The highest BCUT2D eigenvalue weighted by atomic mass is 32.2. The van der Waals surface area contributed by atoms with E-state index in [0.29, 0.717) is 0 Å². The fourth-order valence-electron chi connectivity index (χ4n) is 1.81. The molecule has 0 fully saturated rings. The summed E-state index contributed by atoms with van der Waals surface area (Å²) < 4.78 is 31.9. The first kappa shape index (κ1) is 13.1. The molecule has 0 aliphatic heterocycles. The average molecular weight is 306 g/mol. The largest absolute Gasteiger partial charge is 0.396 e. The molecule has 0 bridgehead atoms. The zero-order chi connectivity index (χ0) is 14.2. The molecule has 4 nitrogen and oxygen atoms in total. The van der Waals surface area contributed by atoms with Crippen LogP contribution in [0, 0.1) is 6.92 Å². The summed E-state index contributed by atoms with van der Waals surface area (Å²) in [6.07, 6.45) is 0. The summed E-state index contributed by atoms with van der Waals surface area (Å²) in [6.45, 7) is 1.90. The number of thiazole rings is 1. The predicted octanol–water partition coefficient (Wildman–Crippen LogP) is 2.31. The number of rotatable bonds is 3. The second kappa shape index (κ2) is 4.88. The molecule has 102 valence electrons. The van der Waals surface area contributed by atoms with Crippen LogP contribution in [0.4, 0.5) is 0 Å². The van der Waals surface area contributed by atoms with E-state index in [2.05, 4.69) is 0 Å². The van der Waals surface area contributed by atoms with Crippen LogP contribution in [0.1, 0.15) is 5.56 Å². The molecule has 0 aliphatic rings. The number of nitrogens with zero attached hydrogens (tertiary/aromatic N) is 1. The van der Waals surface area contributed by atoms with Gasteiger partial charge in [-0.15, -0.1) is 4.28 Å². The Labute approximate surface area is 121 Å². The lowest BCUT2D eigenvalue weighted by Crippen LogP contribution is -2.44. The Morgan fingerprint density at radius 3 is 2.50 bits per heavy atom. The van der Waals surface area contributed by atoms with Gasteiger partial charge >= 0.3 is 10.1 Å². The second-order valence-corrected chi connectivity index (χ2v) is 6.77. The third kappa shape index (κ3) is 2.39. The van der Waals surface area contributed by atoms with Crippen LogP contribution in [0.25, 0.3) is 10.2 Å². The molecule has 0 saturated carbocycles. The van der Waals surface area contributed by atoms with Gasteiger partial charge in [-0.25, -0.2) is 0 Å². The van der Waals surface area contributed by atoms with E-state index in [4.69, 9.17) is 4.28 Å². The maximum Gasteiger partial charge on any atom is 0.396 e. The Morgan fingerprint density at radius 2 is 1.75 bits per heavy atom. The zero-order valence-corrected chi connectivity index (χ0v) is 12.3. The third-order valence-electron chi connectivity index (χ3n) is 2.87. The molecule has 0 spiro atoms. The number of aromatic nitrogens is 1. The fourth-order valence-corrected chi connectivity index (χ4v) is 3.56. The van der Waals surface area contributed by atoms with Crippen molar-refractivity contribution in [3.63, 3.8) is 0 Å². The van der Waals surface area contributed by atoms with Crippen LogP contribution in [0.2, 0.25) is 0 Å². The van der Waals surface area contributed by atoms with Gasteiger partial charge in [0, 0.05) is 10.8 Å². The van der Waals surface area contributed by atoms with E-state index in [0.717, 1.165) is 15.8 Å². The Bertz CT molecular complexity index is 852. The van der Waals surface area contributed by atoms with Gasteiger partial charge in [0.2, 0.25) is 0 Å². The van der Waals surface area contributed by atoms with Crippen molar-refractivity contribution >= 4 is 31.7 Å². The van der Waals surface area contributed by atoms with Crippen molar-refractivity contribution in [1.82, 2.24) is 0 Å². The van der Waals surface area contributed by atoms with Crippen LogP contribution < -0.4 is 9.01 Å². The first-order valence-corrected chi connectivity index (χ1v) is 8.24. The number of benzene rings is 2. The summed E-state index contributed by atoms with van der Waals surface area (Å²) in [6, 6.07) is 14.0. The molecule has 0 saturated heterocycles. The number of aryl methyl sites for hydroxylation is 1. The molecule has 0 radical (unpaired) electrons. The predicted molar refractivity (Wildman–Crippen MR) is 77.0 cm³/mol. The molecule has 0 amide bonds. The van der Waals surface area contributed by atoms with Crippen molar-refractivity contribution < 1.29 is 17.4 Å². The van der Waals surface area contributed by atoms with Crippen molar-refractivity contribution in [1.29, 1.82) is 0 Å². The Morgan fingerprint density at radius 1 is 1.05 bits per heavy atom. The number of fused-ring (bicyclic) bond motifs is 1. The van der Waals surface area contributed by atoms with Gasteiger partial charge in [0.15, 0.2) is 0 Å². The van der Waals surface area contributed by atoms with E-state index in [9.17, 15) is 8.42 Å². The van der Waals surface area contributed by atoms with Gasteiger partial charge in [-0.05, 0) is 25.1 Å². The molecular weight excluding hydrogens is 294 g/mol. The first-order valence-electron chi connectivity index (χ1n) is 5.96. The van der Waals surface area contributed by atoms with Crippen LogP contribution >= 0.6 is 11.3 Å². The summed E-state index contributed by atoms with van der Waals surface area (Å²) in [5, 5.41) is 0. The fraction of sp³-hybridized carbons (Fsp3) is 0.0714. The van der Waals surface area contributed by atoms with Gasteiger partial charge in [0.05, 0.1) is 0 Å². The van der Waals surface area contributed by atoms with E-state index in [1.54, 1.807) is 29.8 Å². The van der Waals surface area contributed by atoms with Gasteiger partial charge in [-0.2, -0.15) is 8.42 Å². The summed E-state index contributed by atoms with van der Waals surface area (Å²) in [4.78, 5) is 0.144. The molecular formula is C14H12NO3S2+. The Balaban J connectivity index is 1.99. The van der Waals surface area contributed by atoms with E-state index < -0.39 is 10.1 Å². The SMILES string of the molecule is Cc1ccc(S(=O)(=O)O[n+]2csc3ccccc32)cc1. The normalized spacial score (nSPS) is 11.7. The van der Waals surface area contributed by atoms with Crippen molar-refractivity contribution in [2.45, 2.75) is 11.8 Å². The third-order valence-corrected chi connectivity index (χ3v) is 4.97. The van der Waals surface area contributed by atoms with Crippen LogP contribution in [0.15, 0.2) is 58.9 Å². The molecule has 3 aromatic rings. The van der Waals surface area contributed by atoms with Gasteiger partial charge in [-0.1, -0.05) is 41.2 Å². The number of para-hydroxylation sites is 1. The van der Waals surface area contributed by atoms with Gasteiger partial charge < -0.3 is 0 Å². The molecule has 0 unspecified atom stereocenters. The molecule has 1 aromatic heterocycles. The maximum atomic E-state index is 12.2. The summed E-state index contributed by atoms with van der Waals surface area (Å²) >= 11 is 1.43. The number of hydrogen-bond donors (Lipinski definition) is 0. The second-order valence-electron chi connectivity index (χ2n) is 4.36. The Kier molecular flexibility index (Phi) is 3.19. The van der Waals surface area contributed by atoms with Crippen LogP contribution in [-0.2, 0) is 10.1 Å². The van der Waals surface area contributed by atoms with Crippen molar-refractivity contribution in [2.75, 3.05) is 0 Å². The smallest absolute Gasteiger partial charge is 0.176 e. The average Bonchev–Trinajstić information content (AvgIpc) is 2.82. The summed E-state index contributed by atoms with van der Waals surface area (Å²) in [5.41, 5.74) is 3.36. The van der Waals surface area contributed by atoms with E-state index in [1.807, 2.05) is 31.2 Å². The summed E-state index contributed by atoms with van der Waals surface area (Å²) in [5.74, 6) is 0. The van der Waals surface area contributed by atoms with Crippen molar-refractivity contribution in [2.24, 2.45) is 0 Å². The van der Waals surface area contributed by atoms with Crippen LogP contribution in [0.5, 0.6) is 0 Å². The zero-order valence-electron chi connectivity index (χ0n) is 10.7. The van der Waals surface area contributed by atoms with Crippen molar-refractivity contribution in [3.8, 4) is 0 Å². The van der Waals surface area contributed by atoms with Crippen LogP contribution in [-0.4, -0.2) is 8.42 Å². The molecule has 0 N–H and O–H groups in total. The highest BCUT2D eigenvalue weighted by Gasteiger charge is 2.24. The van der Waals surface area contributed by atoms with E-state index in [-0.39, 0.29) is 4.90 Å². The lowest BCUT2D eigenvalue weighted by molar-refractivity contribution is -0.831. The molecule has 1 heterocycles. The van der Waals surface area contributed by atoms with E-state index >= 15 is 0 Å². The van der Waals surface area contributed by atoms with E-state index in [1.165, 1.54) is 16.1 Å². The van der Waals surface area contributed by atoms with Gasteiger partial charge in [0.1, 0.15) is 9.60 Å². The topological polar surface area (TPSA) is 47.3 Å². The molecule has 0 atom stereocenters. The Hall–Kier alpha value is -1.92. The van der Waals surface area contributed by atoms with Gasteiger partial charge in [-0.3, -0.25) is 0 Å². The van der Waals surface area contributed by atoms with Crippen molar-refractivity contribution in [3.05, 3.63) is 59.6 Å². The van der Waals surface area contributed by atoms with Crippen LogP contribution in [0.3, 0.4) is 0 Å². The monoisotopic (exact) mass is 306 g/mol. The lowest BCUT2D eigenvalue weighted by Gasteiger charge is -2.00. The highest BCUT2D eigenvalue weighted by Crippen LogP contribution is 2.16. The minimum absolute atomic E-state index is 0.144. The highest BCUT2D eigenvalue weighted by molar-refractivity contribution is 7.86. The molecule has 6 heteroatoms. The molecule has 2 aromatic carbocycles. The summed E-state index contributed by atoms with van der Waals surface area (Å²) in [7, 11) is -3.82. The minimum Gasteiger partial charge on any atom is -0.176 e. The maximum absolute atomic E-state index is 12.2.